The lowest BCUT2D eigenvalue weighted by atomic mass is 10.1. The van der Waals surface area contributed by atoms with Gasteiger partial charge in [0.2, 0.25) is 0 Å². The topological polar surface area (TPSA) is 64.1 Å². The Balaban J connectivity index is 2.39. The highest BCUT2D eigenvalue weighted by molar-refractivity contribution is 5.32. The van der Waals surface area contributed by atoms with Crippen LogP contribution in [-0.4, -0.2) is 20.9 Å². The lowest BCUT2D eigenvalue weighted by Gasteiger charge is -2.12. The number of aliphatic hydroxyl groups excluding tert-OH is 1. The molecule has 2 unspecified atom stereocenters. The van der Waals surface area contributed by atoms with Crippen LogP contribution in [0.25, 0.3) is 0 Å². The first kappa shape index (κ1) is 9.68. The SMILES string of the molecule is CC(N)C(O)c1nn(C)c2c1CCC2. The molecule has 78 valence electrons. The summed E-state index contributed by atoms with van der Waals surface area (Å²) < 4.78 is 1.88. The Morgan fingerprint density at radius 1 is 1.50 bits per heavy atom. The maximum Gasteiger partial charge on any atom is 0.113 e. The van der Waals surface area contributed by atoms with Crippen molar-refractivity contribution in [2.75, 3.05) is 0 Å². The number of nitrogens with two attached hydrogens (primary N) is 1. The number of aromatic nitrogens is 2. The zero-order valence-electron chi connectivity index (χ0n) is 8.70. The van der Waals surface area contributed by atoms with Crippen LogP contribution in [0.3, 0.4) is 0 Å². The van der Waals surface area contributed by atoms with Crippen LogP contribution in [-0.2, 0) is 19.9 Å². The van der Waals surface area contributed by atoms with Crippen LogP contribution in [0.4, 0.5) is 0 Å². The third-order valence-corrected chi connectivity index (χ3v) is 2.92. The molecule has 4 heteroatoms. The van der Waals surface area contributed by atoms with Gasteiger partial charge < -0.3 is 10.8 Å². The molecule has 0 aliphatic heterocycles. The van der Waals surface area contributed by atoms with E-state index in [-0.39, 0.29) is 6.04 Å². The molecule has 1 heterocycles. The Labute approximate surface area is 83.7 Å². The predicted octanol–water partition coefficient (Wildman–Crippen LogP) is 0.289. The number of aliphatic hydroxyl groups is 1. The summed E-state index contributed by atoms with van der Waals surface area (Å²) in [6, 6.07) is -0.255. The summed E-state index contributed by atoms with van der Waals surface area (Å²) in [5.41, 5.74) is 8.94. The summed E-state index contributed by atoms with van der Waals surface area (Å²) >= 11 is 0. The average Bonchev–Trinajstić information content (AvgIpc) is 2.68. The fourth-order valence-corrected chi connectivity index (χ4v) is 2.13. The van der Waals surface area contributed by atoms with Gasteiger partial charge in [-0.05, 0) is 31.7 Å². The predicted molar refractivity (Wildman–Crippen MR) is 53.8 cm³/mol. The van der Waals surface area contributed by atoms with E-state index >= 15 is 0 Å². The van der Waals surface area contributed by atoms with E-state index in [4.69, 9.17) is 5.73 Å². The van der Waals surface area contributed by atoms with Gasteiger partial charge >= 0.3 is 0 Å². The van der Waals surface area contributed by atoms with Crippen molar-refractivity contribution in [2.45, 2.75) is 38.3 Å². The van der Waals surface area contributed by atoms with E-state index in [0.717, 1.165) is 18.5 Å². The van der Waals surface area contributed by atoms with Gasteiger partial charge in [-0.25, -0.2) is 0 Å². The standard InChI is InChI=1S/C10H17N3O/c1-6(11)10(14)9-7-4-3-5-8(7)13(2)12-9/h6,10,14H,3-5,11H2,1-2H3. The van der Waals surface area contributed by atoms with Crippen LogP contribution in [0.2, 0.25) is 0 Å². The highest BCUT2D eigenvalue weighted by Gasteiger charge is 2.26. The molecule has 1 aromatic heterocycles. The van der Waals surface area contributed by atoms with Crippen LogP contribution in [0.5, 0.6) is 0 Å². The Morgan fingerprint density at radius 3 is 2.86 bits per heavy atom. The number of hydrogen-bond acceptors (Lipinski definition) is 3. The first-order valence-electron chi connectivity index (χ1n) is 5.09. The van der Waals surface area contributed by atoms with Crippen molar-refractivity contribution in [1.29, 1.82) is 0 Å². The van der Waals surface area contributed by atoms with E-state index < -0.39 is 6.10 Å². The van der Waals surface area contributed by atoms with Gasteiger partial charge in [0.15, 0.2) is 0 Å². The Bertz CT molecular complexity index is 343. The summed E-state index contributed by atoms with van der Waals surface area (Å²) in [6.45, 7) is 1.81. The average molecular weight is 195 g/mol. The molecule has 0 saturated heterocycles. The number of nitrogens with zero attached hydrogens (tertiary/aromatic N) is 2. The maximum atomic E-state index is 9.87. The number of aryl methyl sites for hydroxylation is 1. The van der Waals surface area contributed by atoms with E-state index in [1.54, 1.807) is 6.92 Å². The lowest BCUT2D eigenvalue weighted by Crippen LogP contribution is -2.25. The molecule has 0 amide bonds. The van der Waals surface area contributed by atoms with Crippen molar-refractivity contribution in [3.8, 4) is 0 Å². The number of fused-ring (bicyclic) bond motifs is 1. The largest absolute Gasteiger partial charge is 0.385 e. The molecule has 0 fully saturated rings. The van der Waals surface area contributed by atoms with Crippen LogP contribution in [0.1, 0.15) is 36.4 Å². The molecule has 0 aromatic carbocycles. The van der Waals surface area contributed by atoms with Crippen LogP contribution < -0.4 is 5.73 Å². The lowest BCUT2D eigenvalue weighted by molar-refractivity contribution is 0.147. The minimum absolute atomic E-state index is 0.255. The molecule has 4 nitrogen and oxygen atoms in total. The first-order chi connectivity index (χ1) is 6.61. The Morgan fingerprint density at radius 2 is 2.21 bits per heavy atom. The molecule has 2 rings (SSSR count). The van der Waals surface area contributed by atoms with Gasteiger partial charge in [-0.15, -0.1) is 0 Å². The Hall–Kier alpha value is -0.870. The van der Waals surface area contributed by atoms with Gasteiger partial charge in [-0.2, -0.15) is 5.10 Å². The van der Waals surface area contributed by atoms with Crippen molar-refractivity contribution in [3.63, 3.8) is 0 Å². The van der Waals surface area contributed by atoms with E-state index in [1.807, 2.05) is 11.7 Å². The van der Waals surface area contributed by atoms with Gasteiger partial charge in [0.1, 0.15) is 6.10 Å². The fraction of sp³-hybridized carbons (Fsp3) is 0.700. The van der Waals surface area contributed by atoms with E-state index in [1.165, 1.54) is 17.7 Å². The van der Waals surface area contributed by atoms with Crippen molar-refractivity contribution in [1.82, 2.24) is 9.78 Å². The van der Waals surface area contributed by atoms with E-state index in [0.29, 0.717) is 0 Å². The molecule has 3 N–H and O–H groups in total. The second-order valence-corrected chi connectivity index (χ2v) is 4.09. The normalized spacial score (nSPS) is 19.4. The van der Waals surface area contributed by atoms with Gasteiger partial charge in [-0.3, -0.25) is 4.68 Å². The monoisotopic (exact) mass is 195 g/mol. The van der Waals surface area contributed by atoms with Crippen molar-refractivity contribution in [3.05, 3.63) is 17.0 Å². The van der Waals surface area contributed by atoms with E-state index in [9.17, 15) is 5.11 Å². The second kappa shape index (κ2) is 3.37. The molecular weight excluding hydrogens is 178 g/mol. The molecule has 1 aromatic rings. The molecule has 2 atom stereocenters. The van der Waals surface area contributed by atoms with Crippen molar-refractivity contribution >= 4 is 0 Å². The Kier molecular flexibility index (Phi) is 2.33. The van der Waals surface area contributed by atoms with Crippen LogP contribution >= 0.6 is 0 Å². The molecule has 1 aliphatic carbocycles. The minimum atomic E-state index is -0.622. The highest BCUT2D eigenvalue weighted by atomic mass is 16.3. The first-order valence-corrected chi connectivity index (χ1v) is 5.09. The summed E-state index contributed by atoms with van der Waals surface area (Å²) in [5, 5.41) is 14.2. The minimum Gasteiger partial charge on any atom is -0.385 e. The molecule has 14 heavy (non-hydrogen) atoms. The van der Waals surface area contributed by atoms with Crippen molar-refractivity contribution < 1.29 is 5.11 Å². The summed E-state index contributed by atoms with van der Waals surface area (Å²) in [7, 11) is 1.93. The zero-order chi connectivity index (χ0) is 10.3. The molecule has 0 spiro atoms. The highest BCUT2D eigenvalue weighted by Crippen LogP contribution is 2.29. The maximum absolute atomic E-state index is 9.87. The summed E-state index contributed by atoms with van der Waals surface area (Å²) in [4.78, 5) is 0. The number of hydrogen-bond donors (Lipinski definition) is 2. The van der Waals surface area contributed by atoms with Gasteiger partial charge in [0.05, 0.1) is 5.69 Å². The summed E-state index contributed by atoms with van der Waals surface area (Å²) in [5.74, 6) is 0. The van der Waals surface area contributed by atoms with Crippen LogP contribution in [0, 0.1) is 0 Å². The van der Waals surface area contributed by atoms with Gasteiger partial charge in [0, 0.05) is 18.8 Å². The molecule has 0 radical (unpaired) electrons. The smallest absolute Gasteiger partial charge is 0.113 e. The quantitative estimate of drug-likeness (QED) is 0.713. The molecule has 0 saturated carbocycles. The molecule has 0 bridgehead atoms. The van der Waals surface area contributed by atoms with Crippen molar-refractivity contribution in [2.24, 2.45) is 12.8 Å². The summed E-state index contributed by atoms with van der Waals surface area (Å²) in [6.07, 6.45) is 2.65. The zero-order valence-corrected chi connectivity index (χ0v) is 8.70. The van der Waals surface area contributed by atoms with Gasteiger partial charge in [0.25, 0.3) is 0 Å². The van der Waals surface area contributed by atoms with Gasteiger partial charge in [-0.1, -0.05) is 0 Å². The third-order valence-electron chi connectivity index (χ3n) is 2.92. The van der Waals surface area contributed by atoms with Crippen LogP contribution in [0.15, 0.2) is 0 Å². The third kappa shape index (κ3) is 1.35. The van der Waals surface area contributed by atoms with E-state index in [2.05, 4.69) is 5.10 Å². The molecular formula is C10H17N3O. The second-order valence-electron chi connectivity index (χ2n) is 4.09. The number of rotatable bonds is 2. The molecule has 1 aliphatic rings. The fourth-order valence-electron chi connectivity index (χ4n) is 2.13.